The van der Waals surface area contributed by atoms with Crippen molar-refractivity contribution in [1.82, 2.24) is 9.88 Å². The molecule has 1 aliphatic heterocycles. The molecule has 0 bridgehead atoms. The van der Waals surface area contributed by atoms with Crippen LogP contribution in [0.1, 0.15) is 35.8 Å². The Morgan fingerprint density at radius 1 is 1.39 bits per heavy atom. The van der Waals surface area contributed by atoms with E-state index in [0.717, 1.165) is 18.7 Å². The number of carbonyl (C=O) groups excluding carboxylic acids is 1. The van der Waals surface area contributed by atoms with Gasteiger partial charge in [0, 0.05) is 24.9 Å². The number of rotatable bonds is 5. The number of aromatic nitrogens is 1. The maximum Gasteiger partial charge on any atom is 0.339 e. The molecule has 4 heteroatoms. The monoisotopic (exact) mass is 248 g/mol. The summed E-state index contributed by atoms with van der Waals surface area (Å²) in [5.74, 6) is -0.295. The van der Waals surface area contributed by atoms with Crippen LogP contribution >= 0.6 is 0 Å². The van der Waals surface area contributed by atoms with Gasteiger partial charge in [-0.2, -0.15) is 0 Å². The minimum absolute atomic E-state index is 0.295. The van der Waals surface area contributed by atoms with Crippen LogP contribution in [0.25, 0.3) is 0 Å². The lowest BCUT2D eigenvalue weighted by Crippen LogP contribution is -2.22. The Labute approximate surface area is 108 Å². The molecule has 0 unspecified atom stereocenters. The first kappa shape index (κ1) is 13.0. The summed E-state index contributed by atoms with van der Waals surface area (Å²) in [5, 5.41) is 0. The Balaban J connectivity index is 1.85. The third-order valence-electron chi connectivity index (χ3n) is 3.22. The van der Waals surface area contributed by atoms with Crippen LogP contribution < -0.4 is 0 Å². The molecule has 0 spiro atoms. The van der Waals surface area contributed by atoms with Gasteiger partial charge in [0.15, 0.2) is 0 Å². The van der Waals surface area contributed by atoms with Crippen molar-refractivity contribution >= 4 is 5.97 Å². The van der Waals surface area contributed by atoms with E-state index in [2.05, 4.69) is 9.88 Å². The summed E-state index contributed by atoms with van der Waals surface area (Å²) in [6, 6.07) is 3.71. The molecule has 0 saturated carbocycles. The number of ether oxygens (including phenoxy) is 1. The summed E-state index contributed by atoms with van der Waals surface area (Å²) < 4.78 is 4.92. The molecule has 0 N–H and O–H groups in total. The van der Waals surface area contributed by atoms with Gasteiger partial charge in [0.05, 0.1) is 12.2 Å². The van der Waals surface area contributed by atoms with Crippen LogP contribution in [0.3, 0.4) is 0 Å². The molecule has 18 heavy (non-hydrogen) atoms. The van der Waals surface area contributed by atoms with Gasteiger partial charge in [-0.05, 0) is 45.0 Å². The molecule has 0 atom stereocenters. The first-order valence-corrected chi connectivity index (χ1v) is 6.64. The van der Waals surface area contributed by atoms with E-state index in [-0.39, 0.29) is 5.97 Å². The molecule has 0 amide bonds. The molecule has 0 aliphatic carbocycles. The lowest BCUT2D eigenvalue weighted by molar-refractivity contribution is 0.0526. The Morgan fingerprint density at radius 2 is 2.17 bits per heavy atom. The second-order valence-corrected chi connectivity index (χ2v) is 4.56. The van der Waals surface area contributed by atoms with Gasteiger partial charge >= 0.3 is 5.97 Å². The standard InChI is InChI=1S/C14H20N2O2/c1-2-18-14(17)12-5-6-13(15-11-12)7-10-16-8-3-4-9-16/h5-6,11H,2-4,7-10H2,1H3. The first-order valence-electron chi connectivity index (χ1n) is 6.64. The van der Waals surface area contributed by atoms with E-state index < -0.39 is 0 Å². The molecular formula is C14H20N2O2. The van der Waals surface area contributed by atoms with Crippen LogP contribution in [-0.2, 0) is 11.2 Å². The molecule has 0 aromatic carbocycles. The van der Waals surface area contributed by atoms with Gasteiger partial charge in [-0.15, -0.1) is 0 Å². The average Bonchev–Trinajstić information content (AvgIpc) is 2.90. The highest BCUT2D eigenvalue weighted by Crippen LogP contribution is 2.09. The Kier molecular flexibility index (Phi) is 4.70. The van der Waals surface area contributed by atoms with E-state index in [1.807, 2.05) is 6.07 Å². The fourth-order valence-corrected chi connectivity index (χ4v) is 2.19. The fraction of sp³-hybridized carbons (Fsp3) is 0.571. The average molecular weight is 248 g/mol. The summed E-state index contributed by atoms with van der Waals surface area (Å²) in [7, 11) is 0. The zero-order chi connectivity index (χ0) is 12.8. The number of likely N-dealkylation sites (tertiary alicyclic amines) is 1. The molecule has 98 valence electrons. The van der Waals surface area contributed by atoms with Crippen LogP contribution in [0.4, 0.5) is 0 Å². The fourth-order valence-electron chi connectivity index (χ4n) is 2.19. The first-order chi connectivity index (χ1) is 8.79. The van der Waals surface area contributed by atoms with E-state index in [1.165, 1.54) is 25.9 Å². The van der Waals surface area contributed by atoms with Gasteiger partial charge in [0.2, 0.25) is 0 Å². The summed E-state index contributed by atoms with van der Waals surface area (Å²) >= 11 is 0. The van der Waals surface area contributed by atoms with Crippen molar-refractivity contribution in [3.05, 3.63) is 29.6 Å². The highest BCUT2D eigenvalue weighted by atomic mass is 16.5. The number of hydrogen-bond donors (Lipinski definition) is 0. The third kappa shape index (κ3) is 3.53. The topological polar surface area (TPSA) is 42.4 Å². The second kappa shape index (κ2) is 6.50. The smallest absolute Gasteiger partial charge is 0.339 e. The zero-order valence-corrected chi connectivity index (χ0v) is 10.9. The summed E-state index contributed by atoms with van der Waals surface area (Å²) in [4.78, 5) is 18.2. The third-order valence-corrected chi connectivity index (χ3v) is 3.22. The normalized spacial score (nSPS) is 15.8. The van der Waals surface area contributed by atoms with E-state index in [4.69, 9.17) is 4.74 Å². The van der Waals surface area contributed by atoms with Gasteiger partial charge in [-0.3, -0.25) is 4.98 Å². The molecule has 1 saturated heterocycles. The maximum absolute atomic E-state index is 11.5. The van der Waals surface area contributed by atoms with E-state index >= 15 is 0 Å². The van der Waals surface area contributed by atoms with Crippen LogP contribution in [0.2, 0.25) is 0 Å². The number of hydrogen-bond acceptors (Lipinski definition) is 4. The molecule has 2 rings (SSSR count). The minimum Gasteiger partial charge on any atom is -0.462 e. The molecule has 4 nitrogen and oxygen atoms in total. The number of nitrogens with zero attached hydrogens (tertiary/aromatic N) is 2. The van der Waals surface area contributed by atoms with Crippen molar-refractivity contribution in [3.8, 4) is 0 Å². The van der Waals surface area contributed by atoms with Gasteiger partial charge in [-0.25, -0.2) is 4.79 Å². The van der Waals surface area contributed by atoms with Gasteiger partial charge in [-0.1, -0.05) is 0 Å². The molecule has 1 aromatic heterocycles. The van der Waals surface area contributed by atoms with Crippen molar-refractivity contribution in [2.24, 2.45) is 0 Å². The maximum atomic E-state index is 11.5. The SMILES string of the molecule is CCOC(=O)c1ccc(CCN2CCCC2)nc1. The predicted octanol–water partition coefficient (Wildman–Crippen LogP) is 1.90. The second-order valence-electron chi connectivity index (χ2n) is 4.56. The van der Waals surface area contributed by atoms with Crippen molar-refractivity contribution in [2.45, 2.75) is 26.2 Å². The number of pyridine rings is 1. The summed E-state index contributed by atoms with van der Waals surface area (Å²) in [5.41, 5.74) is 1.57. The van der Waals surface area contributed by atoms with Crippen molar-refractivity contribution in [3.63, 3.8) is 0 Å². The Morgan fingerprint density at radius 3 is 2.78 bits per heavy atom. The highest BCUT2D eigenvalue weighted by Gasteiger charge is 2.11. The molecular weight excluding hydrogens is 228 g/mol. The van der Waals surface area contributed by atoms with E-state index in [9.17, 15) is 4.79 Å². The Bertz CT molecular complexity index is 383. The van der Waals surface area contributed by atoms with Gasteiger partial charge in [0.25, 0.3) is 0 Å². The Hall–Kier alpha value is -1.42. The van der Waals surface area contributed by atoms with Gasteiger partial charge < -0.3 is 9.64 Å². The van der Waals surface area contributed by atoms with Crippen molar-refractivity contribution < 1.29 is 9.53 Å². The molecule has 2 heterocycles. The van der Waals surface area contributed by atoms with Crippen molar-refractivity contribution in [1.29, 1.82) is 0 Å². The lowest BCUT2D eigenvalue weighted by atomic mass is 10.2. The molecule has 0 radical (unpaired) electrons. The quantitative estimate of drug-likeness (QED) is 0.746. The molecule has 1 fully saturated rings. The van der Waals surface area contributed by atoms with Crippen LogP contribution in [0.15, 0.2) is 18.3 Å². The number of carbonyl (C=O) groups is 1. The summed E-state index contributed by atoms with van der Waals surface area (Å²) in [6.07, 6.45) is 5.19. The lowest BCUT2D eigenvalue weighted by Gasteiger charge is -2.13. The zero-order valence-electron chi connectivity index (χ0n) is 10.9. The largest absolute Gasteiger partial charge is 0.462 e. The summed E-state index contributed by atoms with van der Waals surface area (Å²) in [6.45, 7) is 5.68. The minimum atomic E-state index is -0.295. The van der Waals surface area contributed by atoms with Crippen LogP contribution in [0.5, 0.6) is 0 Å². The van der Waals surface area contributed by atoms with Crippen LogP contribution in [-0.4, -0.2) is 42.1 Å². The van der Waals surface area contributed by atoms with Crippen molar-refractivity contribution in [2.75, 3.05) is 26.2 Å². The molecule has 1 aromatic rings. The predicted molar refractivity (Wildman–Crippen MR) is 69.6 cm³/mol. The molecule has 1 aliphatic rings. The highest BCUT2D eigenvalue weighted by molar-refractivity contribution is 5.88. The number of esters is 1. The van der Waals surface area contributed by atoms with Gasteiger partial charge in [0.1, 0.15) is 0 Å². The van der Waals surface area contributed by atoms with E-state index in [0.29, 0.717) is 12.2 Å². The van der Waals surface area contributed by atoms with E-state index in [1.54, 1.807) is 19.2 Å². The van der Waals surface area contributed by atoms with Crippen LogP contribution in [0, 0.1) is 0 Å².